The molecule has 0 saturated heterocycles. The minimum absolute atomic E-state index is 0.170. The molecule has 0 aromatic heterocycles. The summed E-state index contributed by atoms with van der Waals surface area (Å²) in [5, 5.41) is 0.673. The first-order valence-corrected chi connectivity index (χ1v) is 5.82. The van der Waals surface area contributed by atoms with E-state index in [1.807, 2.05) is 12.1 Å². The fourth-order valence-electron chi connectivity index (χ4n) is 1.32. The van der Waals surface area contributed by atoms with Gasteiger partial charge < -0.3 is 18.9 Å². The number of ether oxygens (including phenoxy) is 4. The van der Waals surface area contributed by atoms with Crippen molar-refractivity contribution in [1.82, 2.24) is 0 Å². The van der Waals surface area contributed by atoms with Gasteiger partial charge in [-0.05, 0) is 6.07 Å². The number of halogens is 1. The highest BCUT2D eigenvalue weighted by atomic mass is 79.9. The number of rotatable bonds is 6. The molecule has 1 aromatic carbocycles. The Morgan fingerprint density at radius 2 is 1.81 bits per heavy atom. The molecule has 0 spiro atoms. The van der Waals surface area contributed by atoms with E-state index in [1.165, 1.54) is 0 Å². The molecule has 0 atom stereocenters. The number of methoxy groups -OCH3 is 3. The molecule has 0 saturated carbocycles. The zero-order chi connectivity index (χ0) is 12.0. The lowest BCUT2D eigenvalue weighted by Crippen LogP contribution is -2.04. The fraction of sp³-hybridized carbons (Fsp3) is 0.455. The van der Waals surface area contributed by atoms with Gasteiger partial charge in [-0.2, -0.15) is 0 Å². The average Bonchev–Trinajstić information content (AvgIpc) is 2.34. The SMILES string of the molecule is COCOc1c(CBr)ccc(OC)c1OC. The van der Waals surface area contributed by atoms with Gasteiger partial charge in [0, 0.05) is 18.0 Å². The highest BCUT2D eigenvalue weighted by molar-refractivity contribution is 9.08. The molecule has 5 heteroatoms. The highest BCUT2D eigenvalue weighted by Gasteiger charge is 2.15. The third kappa shape index (κ3) is 2.80. The van der Waals surface area contributed by atoms with E-state index in [-0.39, 0.29) is 6.79 Å². The van der Waals surface area contributed by atoms with Crippen molar-refractivity contribution in [3.63, 3.8) is 0 Å². The monoisotopic (exact) mass is 290 g/mol. The van der Waals surface area contributed by atoms with E-state index >= 15 is 0 Å². The van der Waals surface area contributed by atoms with Crippen molar-refractivity contribution < 1.29 is 18.9 Å². The van der Waals surface area contributed by atoms with Gasteiger partial charge >= 0.3 is 0 Å². The van der Waals surface area contributed by atoms with Crippen LogP contribution in [-0.4, -0.2) is 28.1 Å². The first-order chi connectivity index (χ1) is 7.78. The molecule has 1 aromatic rings. The van der Waals surface area contributed by atoms with Gasteiger partial charge in [0.2, 0.25) is 5.75 Å². The summed E-state index contributed by atoms with van der Waals surface area (Å²) in [4.78, 5) is 0. The molecule has 0 fully saturated rings. The Morgan fingerprint density at radius 1 is 1.06 bits per heavy atom. The zero-order valence-electron chi connectivity index (χ0n) is 9.58. The van der Waals surface area contributed by atoms with E-state index in [9.17, 15) is 0 Å². The van der Waals surface area contributed by atoms with Crippen LogP contribution in [0.3, 0.4) is 0 Å². The lowest BCUT2D eigenvalue weighted by molar-refractivity contribution is 0.0483. The predicted octanol–water partition coefficient (Wildman–Crippen LogP) is 2.58. The maximum atomic E-state index is 5.48. The molecular formula is C11H15BrO4. The van der Waals surface area contributed by atoms with Gasteiger partial charge in [0.05, 0.1) is 14.2 Å². The molecule has 0 unspecified atom stereocenters. The number of hydrogen-bond acceptors (Lipinski definition) is 4. The fourth-order valence-corrected chi connectivity index (χ4v) is 1.76. The maximum Gasteiger partial charge on any atom is 0.203 e. The van der Waals surface area contributed by atoms with Crippen LogP contribution in [0.5, 0.6) is 17.2 Å². The minimum atomic E-state index is 0.170. The van der Waals surface area contributed by atoms with Crippen LogP contribution in [-0.2, 0) is 10.1 Å². The molecule has 0 aliphatic heterocycles. The second-order valence-corrected chi connectivity index (χ2v) is 3.53. The molecule has 0 heterocycles. The standard InChI is InChI=1S/C11H15BrO4/c1-13-7-16-10-8(6-12)4-5-9(14-2)11(10)15-3/h4-5H,6-7H2,1-3H3. The van der Waals surface area contributed by atoms with E-state index in [1.54, 1.807) is 21.3 Å². The van der Waals surface area contributed by atoms with Crippen LogP contribution in [0, 0.1) is 0 Å². The van der Waals surface area contributed by atoms with Gasteiger partial charge in [0.15, 0.2) is 18.3 Å². The van der Waals surface area contributed by atoms with Crippen LogP contribution in [0.2, 0.25) is 0 Å². The van der Waals surface area contributed by atoms with E-state index < -0.39 is 0 Å². The Bertz CT molecular complexity index is 341. The van der Waals surface area contributed by atoms with Gasteiger partial charge in [0.1, 0.15) is 0 Å². The zero-order valence-corrected chi connectivity index (χ0v) is 11.2. The Balaban J connectivity index is 3.14. The first-order valence-electron chi connectivity index (χ1n) is 4.70. The highest BCUT2D eigenvalue weighted by Crippen LogP contribution is 2.40. The summed E-state index contributed by atoms with van der Waals surface area (Å²) in [6.45, 7) is 0.170. The Kier molecular flexibility index (Phi) is 5.42. The summed E-state index contributed by atoms with van der Waals surface area (Å²) in [7, 11) is 4.74. The lowest BCUT2D eigenvalue weighted by atomic mass is 10.2. The summed E-state index contributed by atoms with van der Waals surface area (Å²) < 4.78 is 20.8. The topological polar surface area (TPSA) is 36.9 Å². The lowest BCUT2D eigenvalue weighted by Gasteiger charge is -2.16. The second kappa shape index (κ2) is 6.60. The van der Waals surface area contributed by atoms with Crippen LogP contribution in [0.15, 0.2) is 12.1 Å². The van der Waals surface area contributed by atoms with Crippen molar-refractivity contribution in [3.05, 3.63) is 17.7 Å². The number of hydrogen-bond donors (Lipinski definition) is 0. The quantitative estimate of drug-likeness (QED) is 0.596. The Labute approximate surface area is 104 Å². The van der Waals surface area contributed by atoms with Crippen LogP contribution in [0.4, 0.5) is 0 Å². The molecule has 16 heavy (non-hydrogen) atoms. The average molecular weight is 291 g/mol. The molecule has 90 valence electrons. The van der Waals surface area contributed by atoms with Gasteiger partial charge in [-0.25, -0.2) is 0 Å². The van der Waals surface area contributed by atoms with Crippen molar-refractivity contribution >= 4 is 15.9 Å². The Hall–Kier alpha value is -0.940. The van der Waals surface area contributed by atoms with Gasteiger partial charge in [-0.3, -0.25) is 0 Å². The van der Waals surface area contributed by atoms with Gasteiger partial charge in [-0.1, -0.05) is 22.0 Å². The van der Waals surface area contributed by atoms with Gasteiger partial charge in [0.25, 0.3) is 0 Å². The summed E-state index contributed by atoms with van der Waals surface area (Å²) in [6, 6.07) is 3.76. The third-order valence-electron chi connectivity index (χ3n) is 2.05. The van der Waals surface area contributed by atoms with E-state index in [0.717, 1.165) is 5.56 Å². The van der Waals surface area contributed by atoms with Crippen LogP contribution in [0.25, 0.3) is 0 Å². The van der Waals surface area contributed by atoms with E-state index in [4.69, 9.17) is 18.9 Å². The summed E-state index contributed by atoms with van der Waals surface area (Å²) >= 11 is 3.39. The van der Waals surface area contributed by atoms with Crippen LogP contribution >= 0.6 is 15.9 Å². The summed E-state index contributed by atoms with van der Waals surface area (Å²) in [5.41, 5.74) is 0.981. The normalized spacial score (nSPS) is 10.0. The van der Waals surface area contributed by atoms with Gasteiger partial charge in [-0.15, -0.1) is 0 Å². The predicted molar refractivity (Wildman–Crippen MR) is 64.7 cm³/mol. The molecule has 4 nitrogen and oxygen atoms in total. The first kappa shape index (κ1) is 13.1. The van der Waals surface area contributed by atoms with E-state index in [0.29, 0.717) is 22.6 Å². The second-order valence-electron chi connectivity index (χ2n) is 2.97. The molecule has 0 bridgehead atoms. The smallest absolute Gasteiger partial charge is 0.203 e. The maximum absolute atomic E-state index is 5.48. The molecule has 0 N–H and O–H groups in total. The largest absolute Gasteiger partial charge is 0.493 e. The third-order valence-corrected chi connectivity index (χ3v) is 2.65. The Morgan fingerprint density at radius 3 is 2.31 bits per heavy atom. The molecule has 1 rings (SSSR count). The van der Waals surface area contributed by atoms with Crippen LogP contribution in [0.1, 0.15) is 5.56 Å². The van der Waals surface area contributed by atoms with Crippen molar-refractivity contribution in [1.29, 1.82) is 0 Å². The van der Waals surface area contributed by atoms with Crippen molar-refractivity contribution in [2.45, 2.75) is 5.33 Å². The minimum Gasteiger partial charge on any atom is -0.493 e. The summed E-state index contributed by atoms with van der Waals surface area (Å²) in [5.74, 6) is 1.86. The summed E-state index contributed by atoms with van der Waals surface area (Å²) in [6.07, 6.45) is 0. The number of alkyl halides is 1. The van der Waals surface area contributed by atoms with Crippen molar-refractivity contribution in [3.8, 4) is 17.2 Å². The molecule has 0 aliphatic carbocycles. The van der Waals surface area contributed by atoms with Crippen LogP contribution < -0.4 is 14.2 Å². The number of benzene rings is 1. The van der Waals surface area contributed by atoms with E-state index in [2.05, 4.69) is 15.9 Å². The van der Waals surface area contributed by atoms with Crippen molar-refractivity contribution in [2.24, 2.45) is 0 Å². The molecule has 0 radical (unpaired) electrons. The molecule has 0 aliphatic rings. The van der Waals surface area contributed by atoms with Crippen molar-refractivity contribution in [2.75, 3.05) is 28.1 Å². The molecule has 0 amide bonds. The molecular weight excluding hydrogens is 276 g/mol.